The molecule has 0 aromatic carbocycles. The molecule has 3 aliphatic rings. The zero-order valence-corrected chi connectivity index (χ0v) is 13.2. The fourth-order valence-electron chi connectivity index (χ4n) is 4.65. The van der Waals surface area contributed by atoms with Crippen molar-refractivity contribution in [3.05, 3.63) is 0 Å². The van der Waals surface area contributed by atoms with Gasteiger partial charge in [-0.25, -0.2) is 0 Å². The van der Waals surface area contributed by atoms with Gasteiger partial charge in [-0.3, -0.25) is 0 Å². The first-order valence-corrected chi connectivity index (χ1v) is 9.06. The van der Waals surface area contributed by atoms with Gasteiger partial charge in [0.15, 0.2) is 0 Å². The van der Waals surface area contributed by atoms with Gasteiger partial charge in [-0.15, -0.1) is 0 Å². The van der Waals surface area contributed by atoms with Crippen LogP contribution in [0.2, 0.25) is 0 Å². The van der Waals surface area contributed by atoms with E-state index in [1.165, 1.54) is 77.7 Å². The fourth-order valence-corrected chi connectivity index (χ4v) is 4.65. The largest absolute Gasteiger partial charge is 0.314 e. The third kappa shape index (κ3) is 3.55. The van der Waals surface area contributed by atoms with Gasteiger partial charge in [-0.2, -0.15) is 0 Å². The van der Waals surface area contributed by atoms with Gasteiger partial charge in [0.1, 0.15) is 0 Å². The molecule has 2 saturated heterocycles. The summed E-state index contributed by atoms with van der Waals surface area (Å²) in [4.78, 5) is 2.60. The lowest BCUT2D eigenvalue weighted by molar-refractivity contribution is 0.250. The number of nitrogens with zero attached hydrogens (tertiary/aromatic N) is 1. The highest BCUT2D eigenvalue weighted by Gasteiger charge is 2.34. The first kappa shape index (κ1) is 14.8. The number of hydrogen-bond donors (Lipinski definition) is 2. The molecule has 0 bridgehead atoms. The van der Waals surface area contributed by atoms with Gasteiger partial charge in [-0.05, 0) is 70.1 Å². The zero-order chi connectivity index (χ0) is 13.8. The van der Waals surface area contributed by atoms with Gasteiger partial charge in [-0.1, -0.05) is 19.8 Å². The lowest BCUT2D eigenvalue weighted by atomic mass is 9.88. The van der Waals surface area contributed by atoms with Crippen molar-refractivity contribution in [2.75, 3.05) is 32.7 Å². The molecule has 4 atom stereocenters. The first-order chi connectivity index (χ1) is 9.86. The van der Waals surface area contributed by atoms with Crippen LogP contribution in [0, 0.1) is 11.8 Å². The van der Waals surface area contributed by atoms with Crippen molar-refractivity contribution < 1.29 is 0 Å². The molecule has 3 heteroatoms. The summed E-state index contributed by atoms with van der Waals surface area (Å²) < 4.78 is 0. The molecule has 3 rings (SSSR count). The maximum absolute atomic E-state index is 3.95. The molecule has 2 heterocycles. The third-order valence-electron chi connectivity index (χ3n) is 5.92. The number of rotatable bonds is 5. The van der Waals surface area contributed by atoms with E-state index in [0.717, 1.165) is 23.9 Å². The van der Waals surface area contributed by atoms with Crippen molar-refractivity contribution in [1.82, 2.24) is 15.5 Å². The molecule has 0 aromatic rings. The van der Waals surface area contributed by atoms with Crippen LogP contribution in [-0.4, -0.2) is 49.7 Å². The lowest BCUT2D eigenvalue weighted by Crippen LogP contribution is -2.47. The molecule has 2 aliphatic heterocycles. The Hall–Kier alpha value is -0.120. The van der Waals surface area contributed by atoms with Gasteiger partial charge >= 0.3 is 0 Å². The van der Waals surface area contributed by atoms with E-state index in [1.54, 1.807) is 0 Å². The average Bonchev–Trinajstić information content (AvgIpc) is 3.15. The molecule has 1 aliphatic carbocycles. The molecule has 2 N–H and O–H groups in total. The van der Waals surface area contributed by atoms with Gasteiger partial charge in [0.25, 0.3) is 0 Å². The second kappa shape index (κ2) is 7.24. The highest BCUT2D eigenvalue weighted by molar-refractivity contribution is 4.93. The van der Waals surface area contributed by atoms with Crippen LogP contribution < -0.4 is 10.6 Å². The van der Waals surface area contributed by atoms with E-state index in [0.29, 0.717) is 0 Å². The third-order valence-corrected chi connectivity index (χ3v) is 5.92. The number of hydrogen-bond acceptors (Lipinski definition) is 3. The molecule has 0 amide bonds. The minimum atomic E-state index is 0.793. The summed E-state index contributed by atoms with van der Waals surface area (Å²) in [5.74, 6) is 1.80. The number of nitrogens with one attached hydrogen (secondary N) is 2. The van der Waals surface area contributed by atoms with E-state index in [9.17, 15) is 0 Å². The van der Waals surface area contributed by atoms with E-state index >= 15 is 0 Å². The monoisotopic (exact) mass is 279 g/mol. The minimum absolute atomic E-state index is 0.793. The van der Waals surface area contributed by atoms with Crippen LogP contribution in [0.4, 0.5) is 0 Å². The fraction of sp³-hybridized carbons (Fsp3) is 1.00. The van der Waals surface area contributed by atoms with E-state index in [2.05, 4.69) is 22.5 Å². The molecule has 0 spiro atoms. The molecule has 20 heavy (non-hydrogen) atoms. The molecule has 4 unspecified atom stereocenters. The Morgan fingerprint density at radius 1 is 1.10 bits per heavy atom. The molecule has 0 aromatic heterocycles. The van der Waals surface area contributed by atoms with Gasteiger partial charge in [0.05, 0.1) is 0 Å². The Balaban J connectivity index is 1.44. The molecule has 0 radical (unpaired) electrons. The second-order valence-corrected chi connectivity index (χ2v) is 7.21. The Morgan fingerprint density at radius 2 is 2.05 bits per heavy atom. The summed E-state index contributed by atoms with van der Waals surface area (Å²) in [6, 6.07) is 1.60. The van der Waals surface area contributed by atoms with E-state index < -0.39 is 0 Å². The molecule has 1 saturated carbocycles. The summed E-state index contributed by atoms with van der Waals surface area (Å²) in [6.07, 6.45) is 9.93. The summed E-state index contributed by atoms with van der Waals surface area (Å²) >= 11 is 0. The van der Waals surface area contributed by atoms with Crippen LogP contribution in [0.3, 0.4) is 0 Å². The minimum Gasteiger partial charge on any atom is -0.314 e. The lowest BCUT2D eigenvalue weighted by Gasteiger charge is -2.33. The quantitative estimate of drug-likeness (QED) is 0.808. The molecule has 3 nitrogen and oxygen atoms in total. The van der Waals surface area contributed by atoms with Crippen molar-refractivity contribution in [3.8, 4) is 0 Å². The van der Waals surface area contributed by atoms with Crippen LogP contribution in [0.5, 0.6) is 0 Å². The highest BCUT2D eigenvalue weighted by atomic mass is 15.1. The number of piperidine rings is 1. The van der Waals surface area contributed by atoms with Crippen molar-refractivity contribution in [2.45, 2.75) is 64.0 Å². The van der Waals surface area contributed by atoms with Crippen LogP contribution in [0.15, 0.2) is 0 Å². The first-order valence-electron chi connectivity index (χ1n) is 9.06. The van der Waals surface area contributed by atoms with Crippen molar-refractivity contribution in [3.63, 3.8) is 0 Å². The highest BCUT2D eigenvalue weighted by Crippen LogP contribution is 2.32. The Bertz CT molecular complexity index is 288. The molecule has 116 valence electrons. The van der Waals surface area contributed by atoms with Crippen molar-refractivity contribution in [1.29, 1.82) is 0 Å². The number of likely N-dealkylation sites (tertiary alicyclic amines) is 1. The summed E-state index contributed by atoms with van der Waals surface area (Å²) in [6.45, 7) is 8.67. The predicted octanol–water partition coefficient (Wildman–Crippen LogP) is 2.23. The van der Waals surface area contributed by atoms with E-state index in [4.69, 9.17) is 0 Å². The zero-order valence-electron chi connectivity index (χ0n) is 13.2. The normalized spacial score (nSPS) is 39.5. The second-order valence-electron chi connectivity index (χ2n) is 7.21. The predicted molar refractivity (Wildman–Crippen MR) is 85.0 cm³/mol. The summed E-state index contributed by atoms with van der Waals surface area (Å²) in [7, 11) is 0. The van der Waals surface area contributed by atoms with Crippen LogP contribution in [-0.2, 0) is 0 Å². The van der Waals surface area contributed by atoms with Gasteiger partial charge < -0.3 is 15.5 Å². The smallest absolute Gasteiger partial charge is 0.0110 e. The molecular formula is C17H33N3. The van der Waals surface area contributed by atoms with E-state index in [1.807, 2.05) is 0 Å². The van der Waals surface area contributed by atoms with Crippen molar-refractivity contribution in [2.24, 2.45) is 11.8 Å². The molecule has 3 fully saturated rings. The van der Waals surface area contributed by atoms with Crippen LogP contribution >= 0.6 is 0 Å². The summed E-state index contributed by atoms with van der Waals surface area (Å²) in [5.41, 5.74) is 0. The Morgan fingerprint density at radius 3 is 2.80 bits per heavy atom. The maximum Gasteiger partial charge on any atom is 0.0110 e. The van der Waals surface area contributed by atoms with E-state index in [-0.39, 0.29) is 0 Å². The topological polar surface area (TPSA) is 27.3 Å². The van der Waals surface area contributed by atoms with Gasteiger partial charge in [0.2, 0.25) is 0 Å². The van der Waals surface area contributed by atoms with Gasteiger partial charge in [0, 0.05) is 18.6 Å². The Kier molecular flexibility index (Phi) is 5.36. The SMILES string of the molecule is CCN1CCC(CNC2CCCC2C2CCCCN2)C1. The average molecular weight is 279 g/mol. The summed E-state index contributed by atoms with van der Waals surface area (Å²) in [5, 5.41) is 7.74. The Labute approximate surface area is 124 Å². The molecular weight excluding hydrogens is 246 g/mol. The van der Waals surface area contributed by atoms with Crippen LogP contribution in [0.25, 0.3) is 0 Å². The van der Waals surface area contributed by atoms with Crippen molar-refractivity contribution >= 4 is 0 Å². The maximum atomic E-state index is 3.95. The van der Waals surface area contributed by atoms with Crippen LogP contribution in [0.1, 0.15) is 51.9 Å². The standard InChI is InChI=1S/C17H33N3/c1-2-20-11-9-14(13-20)12-19-17-8-5-6-15(17)16-7-3-4-10-18-16/h14-19H,2-13H2,1H3.